The number of hydrogen-bond acceptors (Lipinski definition) is 6. The van der Waals surface area contributed by atoms with E-state index in [9.17, 15) is 9.59 Å². The van der Waals surface area contributed by atoms with Crippen LogP contribution in [-0.4, -0.2) is 53.9 Å². The van der Waals surface area contributed by atoms with Crippen molar-refractivity contribution in [3.63, 3.8) is 0 Å². The predicted molar refractivity (Wildman–Crippen MR) is 150 cm³/mol. The molecule has 1 N–H and O–H groups in total. The van der Waals surface area contributed by atoms with Gasteiger partial charge in [-0.15, -0.1) is 6.58 Å². The minimum absolute atomic E-state index is 0.00866. The maximum atomic E-state index is 13.0. The number of piperidine rings is 1. The molecular weight excluding hydrogens is 498 g/mol. The Balaban J connectivity index is 1.23. The van der Waals surface area contributed by atoms with Crippen LogP contribution in [0.2, 0.25) is 0 Å². The molecule has 5 rings (SSSR count). The van der Waals surface area contributed by atoms with Crippen LogP contribution >= 0.6 is 11.8 Å². The van der Waals surface area contributed by atoms with Gasteiger partial charge in [-0.05, 0) is 60.1 Å². The number of methoxy groups -OCH3 is 1. The SMILES string of the molecule is C=CC(CNC(=O)COCc1ccccc1)C1CCN2C(=O)SC(c3ccnc4ccc(OC)cc34)C2C1. The number of hydrogen-bond donors (Lipinski definition) is 1. The second-order valence-corrected chi connectivity index (χ2v) is 10.9. The molecular formula is C30H33N3O4S. The third-order valence-electron chi connectivity index (χ3n) is 7.57. The Kier molecular flexibility index (Phi) is 8.29. The van der Waals surface area contributed by atoms with Gasteiger partial charge in [-0.3, -0.25) is 14.6 Å². The second-order valence-electron chi connectivity index (χ2n) is 9.81. The van der Waals surface area contributed by atoms with E-state index in [1.165, 1.54) is 11.8 Å². The highest BCUT2D eigenvalue weighted by Crippen LogP contribution is 2.50. The summed E-state index contributed by atoms with van der Waals surface area (Å²) >= 11 is 1.41. The molecule has 2 aliphatic heterocycles. The summed E-state index contributed by atoms with van der Waals surface area (Å²) in [6.45, 7) is 5.71. The summed E-state index contributed by atoms with van der Waals surface area (Å²) in [5.74, 6) is 1.07. The first-order valence-corrected chi connectivity index (χ1v) is 13.9. The van der Waals surface area contributed by atoms with Gasteiger partial charge in [0.1, 0.15) is 12.4 Å². The Labute approximate surface area is 227 Å². The molecule has 0 spiro atoms. The van der Waals surface area contributed by atoms with Gasteiger partial charge in [-0.2, -0.15) is 0 Å². The first-order valence-electron chi connectivity index (χ1n) is 13.0. The number of ether oxygens (including phenoxy) is 2. The molecule has 3 aromatic rings. The second kappa shape index (κ2) is 12.0. The van der Waals surface area contributed by atoms with Gasteiger partial charge in [0.05, 0.1) is 24.5 Å². The van der Waals surface area contributed by atoms with Crippen LogP contribution < -0.4 is 10.1 Å². The van der Waals surface area contributed by atoms with Gasteiger partial charge in [0.15, 0.2) is 0 Å². The Morgan fingerprint density at radius 3 is 2.89 bits per heavy atom. The van der Waals surface area contributed by atoms with E-state index in [0.717, 1.165) is 40.6 Å². The molecule has 0 bridgehead atoms. The van der Waals surface area contributed by atoms with E-state index in [1.54, 1.807) is 7.11 Å². The van der Waals surface area contributed by atoms with Crippen molar-refractivity contribution in [3.05, 3.63) is 84.6 Å². The largest absolute Gasteiger partial charge is 0.497 e. The number of aromatic nitrogens is 1. The molecule has 2 amide bonds. The van der Waals surface area contributed by atoms with Crippen molar-refractivity contribution in [2.45, 2.75) is 30.7 Å². The summed E-state index contributed by atoms with van der Waals surface area (Å²) in [6, 6.07) is 17.8. The van der Waals surface area contributed by atoms with Crippen LogP contribution in [0.5, 0.6) is 5.75 Å². The van der Waals surface area contributed by atoms with Crippen LogP contribution in [0.25, 0.3) is 10.9 Å². The minimum Gasteiger partial charge on any atom is -0.497 e. The molecule has 0 aliphatic carbocycles. The number of benzene rings is 2. The lowest BCUT2D eigenvalue weighted by molar-refractivity contribution is -0.126. The Morgan fingerprint density at radius 1 is 1.26 bits per heavy atom. The van der Waals surface area contributed by atoms with Gasteiger partial charge >= 0.3 is 0 Å². The van der Waals surface area contributed by atoms with Crippen molar-refractivity contribution in [3.8, 4) is 5.75 Å². The van der Waals surface area contributed by atoms with E-state index < -0.39 is 0 Å². The predicted octanol–water partition coefficient (Wildman–Crippen LogP) is 5.37. The maximum Gasteiger partial charge on any atom is 0.282 e. The van der Waals surface area contributed by atoms with Gasteiger partial charge in [-0.25, -0.2) is 0 Å². The van der Waals surface area contributed by atoms with E-state index >= 15 is 0 Å². The molecule has 2 aliphatic rings. The number of rotatable bonds is 10. The zero-order chi connectivity index (χ0) is 26.5. The summed E-state index contributed by atoms with van der Waals surface area (Å²) in [5, 5.41) is 4.18. The molecule has 0 saturated carbocycles. The third-order valence-corrected chi connectivity index (χ3v) is 8.83. The van der Waals surface area contributed by atoms with Gasteiger partial charge in [0, 0.05) is 30.7 Å². The van der Waals surface area contributed by atoms with Crippen molar-refractivity contribution in [2.75, 3.05) is 26.8 Å². The number of fused-ring (bicyclic) bond motifs is 2. The molecule has 198 valence electrons. The minimum atomic E-state index is -0.133. The van der Waals surface area contributed by atoms with Crippen LogP contribution in [0.1, 0.15) is 29.2 Å². The smallest absolute Gasteiger partial charge is 0.282 e. The average molecular weight is 532 g/mol. The molecule has 2 aromatic carbocycles. The Morgan fingerprint density at radius 2 is 2.11 bits per heavy atom. The van der Waals surface area contributed by atoms with Gasteiger partial charge in [0.2, 0.25) is 5.91 Å². The quantitative estimate of drug-likeness (QED) is 0.355. The molecule has 1 aromatic heterocycles. The average Bonchev–Trinajstić information content (AvgIpc) is 3.28. The van der Waals surface area contributed by atoms with Gasteiger partial charge in [-0.1, -0.05) is 48.2 Å². The number of pyridine rings is 1. The van der Waals surface area contributed by atoms with Crippen LogP contribution in [0.15, 0.2) is 73.4 Å². The molecule has 3 heterocycles. The monoisotopic (exact) mass is 531 g/mol. The molecule has 4 atom stereocenters. The van der Waals surface area contributed by atoms with E-state index in [1.807, 2.05) is 71.8 Å². The van der Waals surface area contributed by atoms with E-state index in [2.05, 4.69) is 16.9 Å². The summed E-state index contributed by atoms with van der Waals surface area (Å²) < 4.78 is 11.0. The zero-order valence-electron chi connectivity index (χ0n) is 21.5. The lowest BCUT2D eigenvalue weighted by Crippen LogP contribution is -2.45. The lowest BCUT2D eigenvalue weighted by atomic mass is 9.79. The summed E-state index contributed by atoms with van der Waals surface area (Å²) in [6.07, 6.45) is 5.50. The van der Waals surface area contributed by atoms with Crippen molar-refractivity contribution >= 4 is 33.8 Å². The van der Waals surface area contributed by atoms with Gasteiger partial charge < -0.3 is 19.7 Å². The highest BCUT2D eigenvalue weighted by atomic mass is 32.2. The third kappa shape index (κ3) is 5.71. The molecule has 2 saturated heterocycles. The number of thioether (sulfide) groups is 1. The zero-order valence-corrected chi connectivity index (χ0v) is 22.4. The fourth-order valence-corrected chi connectivity index (χ4v) is 6.86. The highest BCUT2D eigenvalue weighted by molar-refractivity contribution is 8.14. The maximum absolute atomic E-state index is 13.0. The van der Waals surface area contributed by atoms with E-state index in [-0.39, 0.29) is 35.0 Å². The molecule has 8 heteroatoms. The lowest BCUT2D eigenvalue weighted by Gasteiger charge is -2.39. The van der Waals surface area contributed by atoms with Crippen LogP contribution in [0.4, 0.5) is 4.79 Å². The molecule has 7 nitrogen and oxygen atoms in total. The van der Waals surface area contributed by atoms with Crippen LogP contribution in [0, 0.1) is 11.8 Å². The van der Waals surface area contributed by atoms with Crippen LogP contribution in [0.3, 0.4) is 0 Å². The number of amides is 2. The van der Waals surface area contributed by atoms with Crippen molar-refractivity contribution in [2.24, 2.45) is 11.8 Å². The normalized spacial score (nSPS) is 21.7. The Hall–Kier alpha value is -3.36. The van der Waals surface area contributed by atoms with Gasteiger partial charge in [0.25, 0.3) is 5.24 Å². The molecule has 4 unspecified atom stereocenters. The first-order chi connectivity index (χ1) is 18.6. The van der Waals surface area contributed by atoms with Crippen molar-refractivity contribution in [1.82, 2.24) is 15.2 Å². The number of nitrogens with zero attached hydrogens (tertiary/aromatic N) is 2. The van der Waals surface area contributed by atoms with E-state index in [0.29, 0.717) is 25.6 Å². The summed E-state index contributed by atoms with van der Waals surface area (Å²) in [4.78, 5) is 31.9. The Bertz CT molecular complexity index is 1300. The number of carbonyl (C=O) groups excluding carboxylic acids is 2. The van der Waals surface area contributed by atoms with Crippen LogP contribution in [-0.2, 0) is 16.1 Å². The molecule has 38 heavy (non-hydrogen) atoms. The fraction of sp³-hybridized carbons (Fsp3) is 0.367. The molecule has 0 radical (unpaired) electrons. The highest BCUT2D eigenvalue weighted by Gasteiger charge is 2.46. The topological polar surface area (TPSA) is 80.8 Å². The summed E-state index contributed by atoms with van der Waals surface area (Å²) in [7, 11) is 1.65. The fourth-order valence-electron chi connectivity index (χ4n) is 5.54. The van der Waals surface area contributed by atoms with Crippen molar-refractivity contribution in [1.29, 1.82) is 0 Å². The molecule has 2 fully saturated rings. The van der Waals surface area contributed by atoms with Crippen molar-refractivity contribution < 1.29 is 19.1 Å². The first kappa shape index (κ1) is 26.3. The van der Waals surface area contributed by atoms with E-state index in [4.69, 9.17) is 9.47 Å². The number of carbonyl (C=O) groups is 2. The number of nitrogens with one attached hydrogen (secondary N) is 1. The standard InChI is InChI=1S/C30H33N3O4S/c1-3-21(17-32-28(34)19-37-18-20-7-5-4-6-8-20)22-12-14-33-27(15-22)29(38-30(33)35)24-11-13-31-26-10-9-23(36-2)16-25(24)26/h3-11,13,16,21-22,27,29H,1,12,14-15,17-19H2,2H3,(H,32,34). The summed E-state index contributed by atoms with van der Waals surface area (Å²) in [5.41, 5.74) is 3.04.